The van der Waals surface area contributed by atoms with Crippen molar-refractivity contribution < 1.29 is 17.6 Å². The van der Waals surface area contributed by atoms with Gasteiger partial charge in [-0.25, -0.2) is 9.97 Å². The molecule has 140 valence electrons. The van der Waals surface area contributed by atoms with E-state index in [1.165, 1.54) is 29.2 Å². The summed E-state index contributed by atoms with van der Waals surface area (Å²) in [7, 11) is 1.53. The first kappa shape index (κ1) is 17.8. The summed E-state index contributed by atoms with van der Waals surface area (Å²) in [6.07, 6.45) is -2.01. The highest BCUT2D eigenvalue weighted by atomic mass is 35.5. The van der Waals surface area contributed by atoms with Crippen molar-refractivity contribution in [1.29, 1.82) is 0 Å². The Bertz CT molecular complexity index is 1120. The molecule has 0 spiro atoms. The van der Waals surface area contributed by atoms with E-state index in [1.807, 2.05) is 6.07 Å². The molecule has 0 aliphatic heterocycles. The minimum absolute atomic E-state index is 0.0889. The van der Waals surface area contributed by atoms with Crippen molar-refractivity contribution in [3.8, 4) is 10.7 Å². The Balaban J connectivity index is 1.55. The molecule has 4 heterocycles. The van der Waals surface area contributed by atoms with Gasteiger partial charge in [-0.15, -0.1) is 11.3 Å². The second-order valence-electron chi connectivity index (χ2n) is 5.65. The third kappa shape index (κ3) is 3.50. The number of halogens is 4. The molecule has 4 aromatic rings. The summed E-state index contributed by atoms with van der Waals surface area (Å²) >= 11 is 7.23. The van der Waals surface area contributed by atoms with Crippen LogP contribution >= 0.6 is 22.9 Å². The number of hydrogen-bond acceptors (Lipinski definition) is 6. The number of anilines is 1. The van der Waals surface area contributed by atoms with Crippen LogP contribution in [0.1, 0.15) is 10.6 Å². The zero-order valence-corrected chi connectivity index (χ0v) is 15.3. The van der Waals surface area contributed by atoms with Gasteiger partial charge >= 0.3 is 6.18 Å². The quantitative estimate of drug-likeness (QED) is 0.478. The SMILES string of the molecule is Cn1cc(C(F)(F)F)nc1-c1ccc(CNc2nc(Cl)nc3ccoc23)s1. The lowest BCUT2D eigenvalue weighted by Crippen LogP contribution is -2.04. The molecular formula is C16H11ClF3N5OS. The van der Waals surface area contributed by atoms with Crippen LogP contribution in [0.15, 0.2) is 35.1 Å². The molecule has 6 nitrogen and oxygen atoms in total. The van der Waals surface area contributed by atoms with Crippen LogP contribution in [0, 0.1) is 0 Å². The van der Waals surface area contributed by atoms with Gasteiger partial charge in [0.1, 0.15) is 11.3 Å². The number of fused-ring (bicyclic) bond motifs is 1. The van der Waals surface area contributed by atoms with Crippen LogP contribution in [0.25, 0.3) is 21.8 Å². The number of thiophene rings is 1. The number of nitrogens with zero attached hydrogens (tertiary/aromatic N) is 4. The number of nitrogens with one attached hydrogen (secondary N) is 1. The summed E-state index contributed by atoms with van der Waals surface area (Å²) in [6, 6.07) is 5.23. The molecule has 0 fully saturated rings. The maximum atomic E-state index is 12.8. The van der Waals surface area contributed by atoms with Crippen molar-refractivity contribution in [2.45, 2.75) is 12.7 Å². The van der Waals surface area contributed by atoms with E-state index in [-0.39, 0.29) is 11.1 Å². The standard InChI is InChI=1S/C16H11ClF3N5OS/c1-25-7-11(16(18,19)20)23-14(25)10-3-2-8(27-10)6-21-13-12-9(4-5-26-12)22-15(17)24-13/h2-5,7H,6H2,1H3,(H,21,22,24). The Labute approximate surface area is 159 Å². The van der Waals surface area contributed by atoms with Gasteiger partial charge in [-0.2, -0.15) is 18.2 Å². The molecule has 0 aliphatic carbocycles. The number of aromatic nitrogens is 4. The Morgan fingerprint density at radius 3 is 2.78 bits per heavy atom. The number of rotatable bonds is 4. The minimum atomic E-state index is -4.47. The molecular weight excluding hydrogens is 403 g/mol. The first-order valence-corrected chi connectivity index (χ1v) is 8.85. The van der Waals surface area contributed by atoms with Crippen LogP contribution < -0.4 is 5.32 Å². The fourth-order valence-electron chi connectivity index (χ4n) is 2.55. The summed E-state index contributed by atoms with van der Waals surface area (Å²) < 4.78 is 45.2. The Hall–Kier alpha value is -2.59. The lowest BCUT2D eigenvalue weighted by molar-refractivity contribution is -0.140. The highest BCUT2D eigenvalue weighted by Crippen LogP contribution is 2.33. The predicted octanol–water partition coefficient (Wildman–Crippen LogP) is 4.97. The summed E-state index contributed by atoms with van der Waals surface area (Å²) in [5.74, 6) is 0.707. The van der Waals surface area contributed by atoms with E-state index < -0.39 is 11.9 Å². The van der Waals surface area contributed by atoms with Crippen molar-refractivity contribution >= 4 is 39.9 Å². The van der Waals surface area contributed by atoms with Crippen LogP contribution in [-0.2, 0) is 19.8 Å². The molecule has 0 radical (unpaired) electrons. The maximum absolute atomic E-state index is 12.8. The highest BCUT2D eigenvalue weighted by molar-refractivity contribution is 7.15. The van der Waals surface area contributed by atoms with Gasteiger partial charge in [-0.05, 0) is 23.7 Å². The Morgan fingerprint density at radius 2 is 2.04 bits per heavy atom. The molecule has 4 aromatic heterocycles. The average Bonchev–Trinajstić information content (AvgIpc) is 3.30. The third-order valence-electron chi connectivity index (χ3n) is 3.76. The lowest BCUT2D eigenvalue weighted by atomic mass is 10.4. The second-order valence-corrected chi connectivity index (χ2v) is 7.16. The summed E-state index contributed by atoms with van der Waals surface area (Å²) in [5, 5.41) is 3.20. The van der Waals surface area contributed by atoms with Gasteiger partial charge in [0.2, 0.25) is 5.28 Å². The van der Waals surface area contributed by atoms with Gasteiger partial charge < -0.3 is 14.3 Å². The molecule has 0 aromatic carbocycles. The zero-order chi connectivity index (χ0) is 19.2. The summed E-state index contributed by atoms with van der Waals surface area (Å²) in [4.78, 5) is 13.4. The normalized spacial score (nSPS) is 12.0. The molecule has 11 heteroatoms. The third-order valence-corrected chi connectivity index (χ3v) is 5.01. The lowest BCUT2D eigenvalue weighted by Gasteiger charge is -2.04. The second kappa shape index (κ2) is 6.54. The van der Waals surface area contributed by atoms with E-state index in [4.69, 9.17) is 16.0 Å². The molecule has 27 heavy (non-hydrogen) atoms. The van der Waals surface area contributed by atoms with Gasteiger partial charge in [0, 0.05) is 24.2 Å². The van der Waals surface area contributed by atoms with Crippen LogP contribution in [0.4, 0.5) is 19.0 Å². The molecule has 4 rings (SSSR count). The molecule has 0 saturated carbocycles. The minimum Gasteiger partial charge on any atom is -0.459 e. The fraction of sp³-hybridized carbons (Fsp3) is 0.188. The first-order valence-electron chi connectivity index (χ1n) is 7.65. The molecule has 0 saturated heterocycles. The van der Waals surface area contributed by atoms with Gasteiger partial charge in [0.15, 0.2) is 17.1 Å². The largest absolute Gasteiger partial charge is 0.459 e. The molecule has 0 bridgehead atoms. The molecule has 1 N–H and O–H groups in total. The van der Waals surface area contributed by atoms with Gasteiger partial charge in [-0.1, -0.05) is 0 Å². The average molecular weight is 414 g/mol. The highest BCUT2D eigenvalue weighted by Gasteiger charge is 2.34. The van der Waals surface area contributed by atoms with Crippen LogP contribution in [0.5, 0.6) is 0 Å². The van der Waals surface area contributed by atoms with Crippen molar-refractivity contribution in [2.24, 2.45) is 7.05 Å². The van der Waals surface area contributed by atoms with Crippen LogP contribution in [-0.4, -0.2) is 19.5 Å². The smallest absolute Gasteiger partial charge is 0.434 e. The van der Waals surface area contributed by atoms with Gasteiger partial charge in [-0.3, -0.25) is 0 Å². The topological polar surface area (TPSA) is 68.8 Å². The fourth-order valence-corrected chi connectivity index (χ4v) is 3.71. The number of hydrogen-bond donors (Lipinski definition) is 1. The molecule has 0 unspecified atom stereocenters. The van der Waals surface area contributed by atoms with E-state index >= 15 is 0 Å². The predicted molar refractivity (Wildman–Crippen MR) is 95.7 cm³/mol. The van der Waals surface area contributed by atoms with E-state index in [1.54, 1.807) is 12.1 Å². The number of alkyl halides is 3. The van der Waals surface area contributed by atoms with E-state index in [0.29, 0.717) is 28.3 Å². The van der Waals surface area contributed by atoms with Crippen molar-refractivity contribution in [3.63, 3.8) is 0 Å². The van der Waals surface area contributed by atoms with Crippen LogP contribution in [0.2, 0.25) is 5.28 Å². The van der Waals surface area contributed by atoms with Crippen molar-refractivity contribution in [1.82, 2.24) is 19.5 Å². The Morgan fingerprint density at radius 1 is 1.22 bits per heavy atom. The zero-order valence-electron chi connectivity index (χ0n) is 13.7. The summed E-state index contributed by atoms with van der Waals surface area (Å²) in [6.45, 7) is 0.393. The molecule has 0 amide bonds. The number of aryl methyl sites for hydroxylation is 1. The Kier molecular flexibility index (Phi) is 4.31. The maximum Gasteiger partial charge on any atom is 0.434 e. The number of imidazole rings is 1. The van der Waals surface area contributed by atoms with E-state index in [0.717, 1.165) is 11.1 Å². The van der Waals surface area contributed by atoms with Gasteiger partial charge in [0.05, 0.1) is 17.7 Å². The van der Waals surface area contributed by atoms with E-state index in [2.05, 4.69) is 20.3 Å². The molecule has 0 atom stereocenters. The first-order chi connectivity index (χ1) is 12.8. The van der Waals surface area contributed by atoms with Crippen molar-refractivity contribution in [2.75, 3.05) is 5.32 Å². The van der Waals surface area contributed by atoms with Crippen molar-refractivity contribution in [3.05, 3.63) is 46.5 Å². The number of furan rings is 1. The molecule has 0 aliphatic rings. The monoisotopic (exact) mass is 413 g/mol. The van der Waals surface area contributed by atoms with E-state index in [9.17, 15) is 13.2 Å². The van der Waals surface area contributed by atoms with Crippen LogP contribution in [0.3, 0.4) is 0 Å². The van der Waals surface area contributed by atoms with Gasteiger partial charge in [0.25, 0.3) is 0 Å². The summed E-state index contributed by atoms with van der Waals surface area (Å²) in [5.41, 5.74) is 0.149.